The number of thiazole rings is 1. The van der Waals surface area contributed by atoms with Gasteiger partial charge in [0.25, 0.3) is 0 Å². The highest BCUT2D eigenvalue weighted by Gasteiger charge is 2.17. The van der Waals surface area contributed by atoms with Gasteiger partial charge in [-0.25, -0.2) is 18.1 Å². The lowest BCUT2D eigenvalue weighted by Gasteiger charge is -2.12. The van der Waals surface area contributed by atoms with Gasteiger partial charge in [-0.3, -0.25) is 0 Å². The number of hydrogen-bond acceptors (Lipinski definition) is 4. The Balaban J connectivity index is 2.72. The van der Waals surface area contributed by atoms with Crippen LogP contribution >= 0.6 is 11.3 Å². The van der Waals surface area contributed by atoms with E-state index in [9.17, 15) is 8.42 Å². The Bertz CT molecular complexity index is 491. The maximum atomic E-state index is 11.7. The van der Waals surface area contributed by atoms with Crippen molar-refractivity contribution >= 4 is 21.4 Å². The topological polar surface area (TPSA) is 59.1 Å². The molecule has 0 amide bonds. The predicted molar refractivity (Wildman–Crippen MR) is 71.6 cm³/mol. The molecule has 0 aliphatic heterocycles. The molecule has 0 radical (unpaired) electrons. The fourth-order valence-corrected chi connectivity index (χ4v) is 3.61. The molecule has 1 aromatic rings. The van der Waals surface area contributed by atoms with Crippen LogP contribution in [-0.4, -0.2) is 19.2 Å². The van der Waals surface area contributed by atoms with E-state index in [0.717, 1.165) is 17.1 Å². The summed E-state index contributed by atoms with van der Waals surface area (Å²) in [5.41, 5.74) is 1.40. The average Bonchev–Trinajstić information content (AvgIpc) is 2.62. The molecule has 0 aliphatic carbocycles. The van der Waals surface area contributed by atoms with Crippen LogP contribution in [0.3, 0.4) is 0 Å². The van der Waals surface area contributed by atoms with Crippen molar-refractivity contribution in [2.24, 2.45) is 0 Å². The Morgan fingerprint density at radius 2 is 2.29 bits per heavy atom. The van der Waals surface area contributed by atoms with E-state index in [4.69, 9.17) is 0 Å². The summed E-state index contributed by atoms with van der Waals surface area (Å²) >= 11 is 1.55. The first kappa shape index (κ1) is 14.3. The van der Waals surface area contributed by atoms with Crippen molar-refractivity contribution < 1.29 is 8.42 Å². The first-order valence-corrected chi connectivity index (χ1v) is 7.96. The van der Waals surface area contributed by atoms with E-state index in [0.29, 0.717) is 5.57 Å². The maximum absolute atomic E-state index is 11.7. The van der Waals surface area contributed by atoms with Crippen LogP contribution in [0.2, 0.25) is 0 Å². The molecule has 96 valence electrons. The summed E-state index contributed by atoms with van der Waals surface area (Å²) in [4.78, 5) is 4.36. The molecule has 1 atom stereocenters. The van der Waals surface area contributed by atoms with Crippen molar-refractivity contribution in [1.29, 1.82) is 0 Å². The molecule has 1 unspecified atom stereocenters. The minimum absolute atomic E-state index is 0.0396. The van der Waals surface area contributed by atoms with E-state index < -0.39 is 10.0 Å². The van der Waals surface area contributed by atoms with E-state index >= 15 is 0 Å². The number of hydrogen-bond donors (Lipinski definition) is 1. The molecule has 0 fully saturated rings. The zero-order valence-corrected chi connectivity index (χ0v) is 12.0. The summed E-state index contributed by atoms with van der Waals surface area (Å²) < 4.78 is 26.0. The molecule has 1 heterocycles. The third-order valence-corrected chi connectivity index (χ3v) is 4.71. The van der Waals surface area contributed by atoms with E-state index in [1.807, 2.05) is 12.3 Å². The number of rotatable bonds is 6. The Kier molecular flexibility index (Phi) is 4.85. The van der Waals surface area contributed by atoms with E-state index in [-0.39, 0.29) is 11.8 Å². The van der Waals surface area contributed by atoms with Gasteiger partial charge in [-0.1, -0.05) is 19.1 Å². The van der Waals surface area contributed by atoms with Crippen molar-refractivity contribution in [3.05, 3.63) is 28.2 Å². The molecule has 0 aliphatic rings. The van der Waals surface area contributed by atoms with Crippen molar-refractivity contribution in [3.63, 3.8) is 0 Å². The first-order valence-electron chi connectivity index (χ1n) is 5.42. The standard InChI is InChI=1S/C11H18N2O2S2/c1-5-11-12-10(6-16-11)9(4)13-17(14,15)7-8(2)3/h6,9,13H,2,5,7H2,1,3-4H3. The largest absolute Gasteiger partial charge is 0.245 e. The van der Waals surface area contributed by atoms with Crippen LogP contribution in [0.4, 0.5) is 0 Å². The van der Waals surface area contributed by atoms with Crippen LogP contribution in [-0.2, 0) is 16.4 Å². The highest BCUT2D eigenvalue weighted by molar-refractivity contribution is 7.89. The summed E-state index contributed by atoms with van der Waals surface area (Å²) in [6.07, 6.45) is 0.871. The highest BCUT2D eigenvalue weighted by atomic mass is 32.2. The molecule has 1 aromatic heterocycles. The monoisotopic (exact) mass is 274 g/mol. The third-order valence-electron chi connectivity index (χ3n) is 2.11. The van der Waals surface area contributed by atoms with Crippen molar-refractivity contribution in [1.82, 2.24) is 9.71 Å². The van der Waals surface area contributed by atoms with Gasteiger partial charge in [-0.2, -0.15) is 0 Å². The SMILES string of the molecule is C=C(C)CS(=O)(=O)NC(C)c1csc(CC)n1. The molecule has 0 bridgehead atoms. The van der Waals surface area contributed by atoms with Crippen LogP contribution in [0.25, 0.3) is 0 Å². The quantitative estimate of drug-likeness (QED) is 0.809. The minimum Gasteiger partial charge on any atom is -0.245 e. The Hall–Kier alpha value is -0.720. The van der Waals surface area contributed by atoms with Gasteiger partial charge in [0.05, 0.1) is 22.5 Å². The second kappa shape index (κ2) is 5.75. The third kappa shape index (κ3) is 4.57. The van der Waals surface area contributed by atoms with Crippen LogP contribution in [0.5, 0.6) is 0 Å². The van der Waals surface area contributed by atoms with Gasteiger partial charge in [0.15, 0.2) is 0 Å². The smallest absolute Gasteiger partial charge is 0.216 e. The Morgan fingerprint density at radius 1 is 1.65 bits per heavy atom. The van der Waals surface area contributed by atoms with Crippen molar-refractivity contribution in [2.75, 3.05) is 5.75 Å². The molecule has 17 heavy (non-hydrogen) atoms. The summed E-state index contributed by atoms with van der Waals surface area (Å²) in [5.74, 6) is -0.0396. The zero-order valence-electron chi connectivity index (χ0n) is 10.4. The lowest BCUT2D eigenvalue weighted by molar-refractivity contribution is 0.566. The van der Waals surface area contributed by atoms with Crippen LogP contribution in [0.1, 0.15) is 37.5 Å². The normalized spacial score (nSPS) is 13.6. The van der Waals surface area contributed by atoms with Crippen LogP contribution in [0.15, 0.2) is 17.5 Å². The van der Waals surface area contributed by atoms with Gasteiger partial charge in [-0.15, -0.1) is 11.3 Å². The van der Waals surface area contributed by atoms with Crippen LogP contribution < -0.4 is 4.72 Å². The molecule has 0 saturated heterocycles. The van der Waals surface area contributed by atoms with E-state index in [1.165, 1.54) is 0 Å². The molecule has 0 saturated carbocycles. The average molecular weight is 274 g/mol. The number of sulfonamides is 1. The van der Waals surface area contributed by atoms with Gasteiger partial charge in [0.2, 0.25) is 10.0 Å². The maximum Gasteiger partial charge on any atom is 0.216 e. The summed E-state index contributed by atoms with van der Waals surface area (Å²) in [6.45, 7) is 9.12. The second-order valence-electron chi connectivity index (χ2n) is 4.08. The fraction of sp³-hybridized carbons (Fsp3) is 0.545. The molecule has 0 aromatic carbocycles. The fourth-order valence-electron chi connectivity index (χ4n) is 1.38. The van der Waals surface area contributed by atoms with Gasteiger partial charge in [0, 0.05) is 5.38 Å². The molecule has 0 spiro atoms. The van der Waals surface area contributed by atoms with E-state index in [1.54, 1.807) is 25.2 Å². The number of aromatic nitrogens is 1. The lowest BCUT2D eigenvalue weighted by Crippen LogP contribution is -2.29. The predicted octanol–water partition coefficient (Wildman–Crippen LogP) is 2.26. The van der Waals surface area contributed by atoms with Crippen molar-refractivity contribution in [2.45, 2.75) is 33.2 Å². The van der Waals surface area contributed by atoms with Gasteiger partial charge < -0.3 is 0 Å². The first-order chi connectivity index (χ1) is 7.84. The lowest BCUT2D eigenvalue weighted by atomic mass is 10.3. The Labute approximate surface area is 107 Å². The summed E-state index contributed by atoms with van der Waals surface area (Å²) in [7, 11) is -3.31. The highest BCUT2D eigenvalue weighted by Crippen LogP contribution is 2.17. The number of nitrogens with zero attached hydrogens (tertiary/aromatic N) is 1. The zero-order chi connectivity index (χ0) is 13.1. The Morgan fingerprint density at radius 3 is 2.76 bits per heavy atom. The molecule has 1 rings (SSSR count). The van der Waals surface area contributed by atoms with Crippen molar-refractivity contribution in [3.8, 4) is 0 Å². The minimum atomic E-state index is -3.31. The van der Waals surface area contributed by atoms with Gasteiger partial charge in [-0.05, 0) is 20.3 Å². The molecule has 1 N–H and O–H groups in total. The number of nitrogens with one attached hydrogen (secondary N) is 1. The van der Waals surface area contributed by atoms with Gasteiger partial charge >= 0.3 is 0 Å². The van der Waals surface area contributed by atoms with Crippen LogP contribution in [0, 0.1) is 0 Å². The number of aryl methyl sites for hydroxylation is 1. The second-order valence-corrected chi connectivity index (χ2v) is 6.77. The summed E-state index contributed by atoms with van der Waals surface area (Å²) in [6, 6.07) is -0.295. The summed E-state index contributed by atoms with van der Waals surface area (Å²) in [5, 5.41) is 2.92. The molecular weight excluding hydrogens is 256 g/mol. The van der Waals surface area contributed by atoms with Gasteiger partial charge in [0.1, 0.15) is 0 Å². The van der Waals surface area contributed by atoms with E-state index in [2.05, 4.69) is 16.3 Å². The molecule has 4 nitrogen and oxygen atoms in total. The molecule has 6 heteroatoms. The molecular formula is C11H18N2O2S2.